The summed E-state index contributed by atoms with van der Waals surface area (Å²) < 4.78 is 6.65. The topological polar surface area (TPSA) is 80.6 Å². The number of pyridine rings is 1. The summed E-state index contributed by atoms with van der Waals surface area (Å²) >= 11 is 0. The van der Waals surface area contributed by atoms with Crippen molar-refractivity contribution in [2.45, 2.75) is 6.42 Å². The number of amides is 2. The van der Waals surface area contributed by atoms with Crippen LogP contribution in [0.25, 0.3) is 5.69 Å². The summed E-state index contributed by atoms with van der Waals surface area (Å²) in [6.45, 7) is 0.955. The van der Waals surface area contributed by atoms with Crippen LogP contribution in [0.1, 0.15) is 16.8 Å². The third-order valence-corrected chi connectivity index (χ3v) is 5.37. The molecule has 1 fully saturated rings. The van der Waals surface area contributed by atoms with Gasteiger partial charge in [0.2, 0.25) is 5.91 Å². The van der Waals surface area contributed by atoms with Crippen molar-refractivity contribution in [3.8, 4) is 11.4 Å². The van der Waals surface area contributed by atoms with Gasteiger partial charge in [0.05, 0.1) is 7.11 Å². The maximum Gasteiger partial charge on any atom is 0.255 e. The minimum Gasteiger partial charge on any atom is -0.497 e. The fourth-order valence-corrected chi connectivity index (χ4v) is 3.68. The van der Waals surface area contributed by atoms with Crippen LogP contribution in [0.3, 0.4) is 0 Å². The third kappa shape index (κ3) is 4.50. The zero-order valence-electron chi connectivity index (χ0n) is 17.2. The SMILES string of the molecule is COc1ccc(C(=O)NCC2CC(=O)N(c3ccc(-n4ccccc4=O)cc3)C2)cc1. The van der Waals surface area contributed by atoms with Crippen LogP contribution in [0.4, 0.5) is 5.69 Å². The van der Waals surface area contributed by atoms with Gasteiger partial charge in [-0.3, -0.25) is 19.0 Å². The van der Waals surface area contributed by atoms with Crippen LogP contribution in [0.2, 0.25) is 0 Å². The van der Waals surface area contributed by atoms with Gasteiger partial charge in [-0.25, -0.2) is 0 Å². The first-order chi connectivity index (χ1) is 15.0. The highest BCUT2D eigenvalue weighted by Gasteiger charge is 2.30. The average Bonchev–Trinajstić information content (AvgIpc) is 3.18. The Morgan fingerprint density at radius 3 is 2.39 bits per heavy atom. The minimum atomic E-state index is -0.175. The Labute approximate surface area is 179 Å². The number of carbonyl (C=O) groups excluding carboxylic acids is 2. The molecule has 7 heteroatoms. The van der Waals surface area contributed by atoms with E-state index in [-0.39, 0.29) is 23.3 Å². The molecule has 0 saturated carbocycles. The Bertz CT molecular complexity index is 1140. The summed E-state index contributed by atoms with van der Waals surface area (Å²) in [6, 6.07) is 19.2. The van der Waals surface area contributed by atoms with E-state index >= 15 is 0 Å². The van der Waals surface area contributed by atoms with Crippen LogP contribution < -0.4 is 20.5 Å². The molecule has 2 heterocycles. The van der Waals surface area contributed by atoms with E-state index < -0.39 is 0 Å². The Kier molecular flexibility index (Phi) is 5.84. The van der Waals surface area contributed by atoms with Gasteiger partial charge in [-0.1, -0.05) is 6.07 Å². The van der Waals surface area contributed by atoms with Crippen molar-refractivity contribution in [1.29, 1.82) is 0 Å². The zero-order valence-corrected chi connectivity index (χ0v) is 17.2. The molecule has 1 aliphatic heterocycles. The summed E-state index contributed by atoms with van der Waals surface area (Å²) in [5.41, 5.74) is 1.96. The van der Waals surface area contributed by atoms with Gasteiger partial charge < -0.3 is 15.0 Å². The number of hydrogen-bond donors (Lipinski definition) is 1. The second-order valence-electron chi connectivity index (χ2n) is 7.44. The summed E-state index contributed by atoms with van der Waals surface area (Å²) in [7, 11) is 1.58. The molecule has 0 aliphatic carbocycles. The summed E-state index contributed by atoms with van der Waals surface area (Å²) in [6.07, 6.45) is 2.09. The number of carbonyl (C=O) groups is 2. The lowest BCUT2D eigenvalue weighted by atomic mass is 10.1. The summed E-state index contributed by atoms with van der Waals surface area (Å²) in [4.78, 5) is 38.6. The molecular weight excluding hydrogens is 394 g/mol. The molecule has 4 rings (SSSR count). The second kappa shape index (κ2) is 8.87. The standard InChI is InChI=1S/C24H23N3O4/c1-31-21-11-5-18(6-12-21)24(30)25-15-17-14-23(29)27(16-17)20-9-7-19(8-10-20)26-13-3-2-4-22(26)28/h2-13,17H,14-16H2,1H3,(H,25,30). The molecule has 1 unspecified atom stereocenters. The van der Waals surface area contributed by atoms with Gasteiger partial charge in [0, 0.05) is 54.6 Å². The first-order valence-corrected chi connectivity index (χ1v) is 10.1. The number of aromatic nitrogens is 1. The molecule has 0 spiro atoms. The Hall–Kier alpha value is -3.87. The second-order valence-corrected chi connectivity index (χ2v) is 7.44. The third-order valence-electron chi connectivity index (χ3n) is 5.37. The first kappa shape index (κ1) is 20.4. The maximum absolute atomic E-state index is 12.5. The number of ether oxygens (including phenoxy) is 1. The van der Waals surface area contributed by atoms with Crippen molar-refractivity contribution in [3.63, 3.8) is 0 Å². The van der Waals surface area contributed by atoms with Crippen LogP contribution in [0.5, 0.6) is 5.75 Å². The highest BCUT2D eigenvalue weighted by molar-refractivity contribution is 5.96. The molecule has 31 heavy (non-hydrogen) atoms. The molecule has 3 aromatic rings. The highest BCUT2D eigenvalue weighted by atomic mass is 16.5. The van der Waals surface area contributed by atoms with E-state index in [1.807, 2.05) is 24.3 Å². The number of methoxy groups -OCH3 is 1. The van der Waals surface area contributed by atoms with E-state index in [0.717, 1.165) is 11.4 Å². The Morgan fingerprint density at radius 2 is 1.71 bits per heavy atom. The number of nitrogens with one attached hydrogen (secondary N) is 1. The smallest absolute Gasteiger partial charge is 0.255 e. The van der Waals surface area contributed by atoms with Gasteiger partial charge in [-0.15, -0.1) is 0 Å². The molecule has 1 aliphatic rings. The molecule has 2 aromatic carbocycles. The number of anilines is 1. The predicted octanol–water partition coefficient (Wildman–Crippen LogP) is 2.63. The van der Waals surface area contributed by atoms with Crippen molar-refractivity contribution in [1.82, 2.24) is 9.88 Å². The number of rotatable bonds is 6. The predicted molar refractivity (Wildman–Crippen MR) is 118 cm³/mol. The van der Waals surface area contributed by atoms with Gasteiger partial charge in [-0.2, -0.15) is 0 Å². The van der Waals surface area contributed by atoms with Crippen molar-refractivity contribution in [3.05, 3.63) is 88.8 Å². The molecular formula is C24H23N3O4. The van der Waals surface area contributed by atoms with Gasteiger partial charge in [0.25, 0.3) is 11.5 Å². The first-order valence-electron chi connectivity index (χ1n) is 10.1. The number of hydrogen-bond acceptors (Lipinski definition) is 4. The van der Waals surface area contributed by atoms with Crippen LogP contribution in [-0.4, -0.2) is 36.6 Å². The maximum atomic E-state index is 12.5. The molecule has 2 amide bonds. The average molecular weight is 417 g/mol. The van der Waals surface area contributed by atoms with Crippen molar-refractivity contribution in [2.75, 3.05) is 25.1 Å². The number of nitrogens with zero attached hydrogens (tertiary/aromatic N) is 2. The van der Waals surface area contributed by atoms with Crippen LogP contribution in [0, 0.1) is 5.92 Å². The van der Waals surface area contributed by atoms with E-state index in [0.29, 0.717) is 30.8 Å². The van der Waals surface area contributed by atoms with E-state index in [2.05, 4.69) is 5.32 Å². The molecule has 1 saturated heterocycles. The van der Waals surface area contributed by atoms with Crippen molar-refractivity contribution in [2.24, 2.45) is 5.92 Å². The van der Waals surface area contributed by atoms with Gasteiger partial charge in [0.1, 0.15) is 5.75 Å². The Balaban J connectivity index is 1.37. The minimum absolute atomic E-state index is 0.0216. The highest BCUT2D eigenvalue weighted by Crippen LogP contribution is 2.25. The normalized spacial score (nSPS) is 15.7. The molecule has 1 aromatic heterocycles. The van der Waals surface area contributed by atoms with Gasteiger partial charge in [0.15, 0.2) is 0 Å². The fraction of sp³-hybridized carbons (Fsp3) is 0.208. The molecule has 0 radical (unpaired) electrons. The molecule has 158 valence electrons. The van der Waals surface area contributed by atoms with Crippen LogP contribution in [-0.2, 0) is 4.79 Å². The van der Waals surface area contributed by atoms with Gasteiger partial charge in [-0.05, 0) is 54.6 Å². The summed E-state index contributed by atoms with van der Waals surface area (Å²) in [5, 5.41) is 2.91. The van der Waals surface area contributed by atoms with Crippen LogP contribution >= 0.6 is 0 Å². The van der Waals surface area contributed by atoms with E-state index in [1.165, 1.54) is 6.07 Å². The van der Waals surface area contributed by atoms with Gasteiger partial charge >= 0.3 is 0 Å². The lowest BCUT2D eigenvalue weighted by molar-refractivity contribution is -0.117. The zero-order chi connectivity index (χ0) is 21.8. The van der Waals surface area contributed by atoms with Crippen molar-refractivity contribution >= 4 is 17.5 Å². The largest absolute Gasteiger partial charge is 0.497 e. The molecule has 1 atom stereocenters. The van der Waals surface area contributed by atoms with E-state index in [4.69, 9.17) is 4.74 Å². The number of benzene rings is 2. The molecule has 1 N–H and O–H groups in total. The lowest BCUT2D eigenvalue weighted by Gasteiger charge is -2.18. The summed E-state index contributed by atoms with van der Waals surface area (Å²) in [5.74, 6) is 0.572. The fourth-order valence-electron chi connectivity index (χ4n) is 3.68. The monoisotopic (exact) mass is 417 g/mol. The lowest BCUT2D eigenvalue weighted by Crippen LogP contribution is -2.31. The van der Waals surface area contributed by atoms with Crippen LogP contribution in [0.15, 0.2) is 77.7 Å². The van der Waals surface area contributed by atoms with Crippen molar-refractivity contribution < 1.29 is 14.3 Å². The van der Waals surface area contributed by atoms with E-state index in [1.54, 1.807) is 59.2 Å². The molecule has 0 bridgehead atoms. The Morgan fingerprint density at radius 1 is 1.00 bits per heavy atom. The van der Waals surface area contributed by atoms with E-state index in [9.17, 15) is 14.4 Å². The molecule has 7 nitrogen and oxygen atoms in total. The quantitative estimate of drug-likeness (QED) is 0.669.